The summed E-state index contributed by atoms with van der Waals surface area (Å²) in [4.78, 5) is 0. The Labute approximate surface area is 246 Å². The van der Waals surface area contributed by atoms with Gasteiger partial charge in [0.1, 0.15) is 0 Å². The number of halogens is 2. The zero-order valence-electron chi connectivity index (χ0n) is 20.5. The molecule has 7 aromatic rings. The van der Waals surface area contributed by atoms with Gasteiger partial charge in [-0.05, 0) is 0 Å². The summed E-state index contributed by atoms with van der Waals surface area (Å²) in [7, 11) is 0. The summed E-state index contributed by atoms with van der Waals surface area (Å²) in [5.74, 6) is 0. The Hall–Kier alpha value is -2.48. The molecule has 0 amide bonds. The molecule has 7 rings (SSSR count). The van der Waals surface area contributed by atoms with E-state index in [1.54, 1.807) is 28.5 Å². The van der Waals surface area contributed by atoms with Crippen LogP contribution >= 0.6 is 0 Å². The van der Waals surface area contributed by atoms with E-state index in [4.69, 9.17) is 0 Å². The van der Waals surface area contributed by atoms with Crippen molar-refractivity contribution in [2.24, 2.45) is 0 Å². The molecule has 0 unspecified atom stereocenters. The van der Waals surface area contributed by atoms with Gasteiger partial charge in [-0.2, -0.15) is 0 Å². The van der Waals surface area contributed by atoms with Crippen molar-refractivity contribution in [3.05, 3.63) is 140 Å². The normalized spacial score (nSPS) is 10.0. The van der Waals surface area contributed by atoms with E-state index >= 15 is 0 Å². The van der Waals surface area contributed by atoms with Crippen molar-refractivity contribution < 1.29 is 48.1 Å². The third kappa shape index (κ3) is 6.89. The summed E-state index contributed by atoms with van der Waals surface area (Å²) in [6, 6.07) is 49.3. The van der Waals surface area contributed by atoms with E-state index in [-0.39, 0.29) is 30.2 Å². The van der Waals surface area contributed by atoms with Crippen molar-refractivity contribution >= 4 is 53.7 Å². The molecular formula is C33H26Cl2SiZr-2. The van der Waals surface area contributed by atoms with E-state index in [0.717, 1.165) is 0 Å². The Morgan fingerprint density at radius 2 is 0.703 bits per heavy atom. The van der Waals surface area contributed by atoms with Crippen LogP contribution in [-0.4, -0.2) is 5.43 Å². The van der Waals surface area contributed by atoms with E-state index in [1.165, 1.54) is 43.1 Å². The maximum Gasteiger partial charge on any atom is -0.0771 e. The standard InChI is InChI=1S/2C13H9.C7H8Si.2ClH.Zr/c2*1-3-7-12-10(5-1)9-11-6-2-4-8-13(11)12;1-8-7-5-3-2-4-6-7;;;/h2*1-9H;2-6H,1H3;2*1H;/q2*-1;;;;+2/p-2. The van der Waals surface area contributed by atoms with Crippen LogP contribution in [0.2, 0.25) is 6.55 Å². The second-order valence-electron chi connectivity index (χ2n) is 8.63. The van der Waals surface area contributed by atoms with Gasteiger partial charge in [0.2, 0.25) is 0 Å². The Bertz CT molecular complexity index is 1530. The molecule has 37 heavy (non-hydrogen) atoms. The van der Waals surface area contributed by atoms with Crippen LogP contribution in [0, 0.1) is 0 Å². The van der Waals surface area contributed by atoms with Crippen molar-refractivity contribution in [1.82, 2.24) is 0 Å². The first kappa shape index (κ1) is 29.1. The molecule has 0 aliphatic heterocycles. The zero-order valence-corrected chi connectivity index (χ0v) is 25.5. The average Bonchev–Trinajstić information content (AvgIpc) is 3.48. The van der Waals surface area contributed by atoms with Crippen LogP contribution in [0.3, 0.4) is 0 Å². The summed E-state index contributed by atoms with van der Waals surface area (Å²) >= 11 is 1.69. The van der Waals surface area contributed by atoms with Crippen LogP contribution in [0.1, 0.15) is 0 Å². The minimum Gasteiger partial charge on any atom is -1.00 e. The summed E-state index contributed by atoms with van der Waals surface area (Å²) in [5, 5.41) is 12.3. The zero-order chi connectivity index (χ0) is 24.0. The maximum absolute atomic E-state index is 2.35. The fourth-order valence-electron chi connectivity index (χ4n) is 4.50. The summed E-state index contributed by atoms with van der Waals surface area (Å²) in [5.41, 5.74) is -0.122. The van der Waals surface area contributed by atoms with E-state index in [9.17, 15) is 0 Å². The molecule has 0 N–H and O–H groups in total. The van der Waals surface area contributed by atoms with Crippen LogP contribution in [0.15, 0.2) is 140 Å². The van der Waals surface area contributed by atoms with E-state index < -0.39 is 0 Å². The molecule has 0 nitrogen and oxygen atoms in total. The third-order valence-electron chi connectivity index (χ3n) is 6.25. The van der Waals surface area contributed by atoms with Crippen LogP contribution in [0.25, 0.3) is 43.1 Å². The summed E-state index contributed by atoms with van der Waals surface area (Å²) in [6.07, 6.45) is 0. The Kier molecular flexibility index (Phi) is 10.9. The monoisotopic (exact) mass is 610 g/mol. The van der Waals surface area contributed by atoms with Gasteiger partial charge in [0.25, 0.3) is 0 Å². The van der Waals surface area contributed by atoms with Crippen LogP contribution < -0.4 is 30.0 Å². The second-order valence-corrected chi connectivity index (χ2v) is 16.0. The van der Waals surface area contributed by atoms with Crippen LogP contribution in [-0.2, 0) is 23.3 Å². The van der Waals surface area contributed by atoms with Gasteiger partial charge < -0.3 is 24.8 Å². The number of rotatable bonds is 1. The molecule has 0 atom stereocenters. The molecule has 0 heterocycles. The Balaban J connectivity index is 0.000000153. The largest absolute Gasteiger partial charge is 1.00 e. The third-order valence-corrected chi connectivity index (χ3v) is 9.58. The molecule has 0 fully saturated rings. The Morgan fingerprint density at radius 3 is 0.973 bits per heavy atom. The summed E-state index contributed by atoms with van der Waals surface area (Å²) < 4.78 is 0. The van der Waals surface area contributed by atoms with E-state index in [0.29, 0.717) is 0 Å². The molecule has 0 bridgehead atoms. The molecule has 7 aromatic carbocycles. The van der Waals surface area contributed by atoms with Crippen molar-refractivity contribution in [1.29, 1.82) is 0 Å². The van der Waals surface area contributed by atoms with Gasteiger partial charge in [0.15, 0.2) is 0 Å². The van der Waals surface area contributed by atoms with Gasteiger partial charge in [0.05, 0.1) is 0 Å². The van der Waals surface area contributed by atoms with E-state index in [1.807, 2.05) is 0 Å². The van der Waals surface area contributed by atoms with Crippen LogP contribution in [0.4, 0.5) is 0 Å². The molecule has 0 saturated carbocycles. The fourth-order valence-corrected chi connectivity index (χ4v) is 6.42. The predicted octanol–water partition coefficient (Wildman–Crippen LogP) is 2.49. The maximum atomic E-state index is 2.35. The van der Waals surface area contributed by atoms with Crippen molar-refractivity contribution in [2.75, 3.05) is 0 Å². The van der Waals surface area contributed by atoms with Gasteiger partial charge in [-0.15, -0.1) is 79.5 Å². The van der Waals surface area contributed by atoms with Crippen molar-refractivity contribution in [2.45, 2.75) is 6.55 Å². The van der Waals surface area contributed by atoms with Gasteiger partial charge in [-0.3, -0.25) is 0 Å². The first-order valence-corrected chi connectivity index (χ1v) is 17.6. The average molecular weight is 613 g/mol. The molecule has 0 radical (unpaired) electrons. The predicted molar refractivity (Wildman–Crippen MR) is 152 cm³/mol. The fraction of sp³-hybridized carbons (Fsp3) is 0.0303. The minimum atomic E-state index is -0.122. The first-order chi connectivity index (χ1) is 17.2. The molecule has 4 heteroatoms. The number of hydrogen-bond donors (Lipinski definition) is 0. The molecule has 0 aromatic heterocycles. The molecule has 0 saturated heterocycles. The topological polar surface area (TPSA) is 0 Å². The molecule has 182 valence electrons. The van der Waals surface area contributed by atoms with Crippen molar-refractivity contribution in [3.8, 4) is 0 Å². The molecular weight excluding hydrogens is 587 g/mol. The second kappa shape index (κ2) is 13.9. The van der Waals surface area contributed by atoms with Gasteiger partial charge in [-0.1, -0.05) is 72.8 Å². The first-order valence-electron chi connectivity index (χ1n) is 11.9. The van der Waals surface area contributed by atoms with Gasteiger partial charge in [0, 0.05) is 0 Å². The number of hydrogen-bond acceptors (Lipinski definition) is 0. The van der Waals surface area contributed by atoms with Crippen LogP contribution in [0.5, 0.6) is 0 Å². The van der Waals surface area contributed by atoms with Gasteiger partial charge >= 0.3 is 70.8 Å². The molecule has 0 spiro atoms. The SMILES string of the molecule is C[Si](=[Zr+2])c1ccccc1.[Cl-].[Cl-].c1ccc2c(c1)[cH-]c1ccccc12.c1ccc2c(c1)[cH-]c1ccccc12. The van der Waals surface area contributed by atoms with Gasteiger partial charge in [-0.25, -0.2) is 0 Å². The molecule has 0 aliphatic carbocycles. The number of benzene rings is 5. The smallest absolute Gasteiger partial charge is 0.0771 e. The van der Waals surface area contributed by atoms with E-state index in [2.05, 4.69) is 146 Å². The number of fused-ring (bicyclic) bond motifs is 6. The Morgan fingerprint density at radius 1 is 0.432 bits per heavy atom. The van der Waals surface area contributed by atoms with Crippen molar-refractivity contribution in [3.63, 3.8) is 0 Å². The summed E-state index contributed by atoms with van der Waals surface area (Å²) in [6.45, 7) is 2.35. The molecule has 0 aliphatic rings. The quantitative estimate of drug-likeness (QED) is 0.198. The minimum absolute atomic E-state index is 0.